The van der Waals surface area contributed by atoms with Gasteiger partial charge in [-0.05, 0) is 140 Å². The van der Waals surface area contributed by atoms with E-state index in [1.54, 1.807) is 0 Å². The average Bonchev–Trinajstić information content (AvgIpc) is 0.759. The minimum atomic E-state index is -2.49. The van der Waals surface area contributed by atoms with Gasteiger partial charge in [-0.1, -0.05) is 65.7 Å². The van der Waals surface area contributed by atoms with E-state index < -0.39 is 334 Å². The van der Waals surface area contributed by atoms with Crippen molar-refractivity contribution in [2.45, 2.75) is 229 Å². The number of nitrogens with two attached hydrogens (primary N) is 2. The molecular formula is C90H103Cl2N9O36. The number of amides is 6. The summed E-state index contributed by atoms with van der Waals surface area (Å²) in [4.78, 5) is 112. The van der Waals surface area contributed by atoms with Crippen LogP contribution < -0.4 is 67.6 Å². The Hall–Kier alpha value is -11.1. The lowest BCUT2D eigenvalue weighted by Crippen LogP contribution is -2.62. The number of carbonyl (C=O) groups is 7. The van der Waals surface area contributed by atoms with Crippen LogP contribution in [0.25, 0.3) is 11.1 Å². The van der Waals surface area contributed by atoms with E-state index in [0.717, 1.165) is 72.8 Å². The molecule has 10 aliphatic rings. The normalized spacial score (nSPS) is 33.8. The van der Waals surface area contributed by atoms with Gasteiger partial charge in [0.25, 0.3) is 0 Å². The molecule has 27 N–H and O–H groups in total. The van der Waals surface area contributed by atoms with Crippen molar-refractivity contribution < 1.29 is 177 Å². The quantitative estimate of drug-likeness (QED) is 0.0451. The summed E-state index contributed by atoms with van der Waals surface area (Å²) in [5.41, 5.74) is 9.57. The van der Waals surface area contributed by atoms with Gasteiger partial charge in [0.2, 0.25) is 53.8 Å². The molecule has 0 saturated carbocycles. The molecule has 0 aliphatic carbocycles. The van der Waals surface area contributed by atoms with Crippen molar-refractivity contribution in [1.82, 2.24) is 37.2 Å². The molecule has 7 aromatic carbocycles. The molecule has 47 heteroatoms. The molecule has 0 radical (unpaired) electrons. The highest BCUT2D eigenvalue weighted by molar-refractivity contribution is 6.32. The van der Waals surface area contributed by atoms with Crippen molar-refractivity contribution in [3.63, 3.8) is 0 Å². The van der Waals surface area contributed by atoms with Crippen LogP contribution >= 0.6 is 23.2 Å². The van der Waals surface area contributed by atoms with Gasteiger partial charge >= 0.3 is 5.97 Å². The van der Waals surface area contributed by atoms with Crippen molar-refractivity contribution in [1.29, 1.82) is 0 Å². The molecule has 10 heterocycles. The number of phenolic OH excluding ortho intramolecular Hbond substituents is 4. The fourth-order valence-electron chi connectivity index (χ4n) is 17.5. The molecule has 5 fully saturated rings. The summed E-state index contributed by atoms with van der Waals surface area (Å²) in [7, 11) is 2.61. The lowest BCUT2D eigenvalue weighted by molar-refractivity contribution is -0.330. The Balaban J connectivity index is 0.955. The second kappa shape index (κ2) is 41.9. The fourth-order valence-corrected chi connectivity index (χ4v) is 17.9. The minimum Gasteiger partial charge on any atom is -0.508 e. The van der Waals surface area contributed by atoms with Crippen LogP contribution in [0.1, 0.15) is 115 Å². The van der Waals surface area contributed by atoms with E-state index in [4.69, 9.17) is 96.2 Å². The van der Waals surface area contributed by atoms with Gasteiger partial charge in [0.1, 0.15) is 150 Å². The first-order valence-electron chi connectivity index (χ1n) is 43.3. The summed E-state index contributed by atoms with van der Waals surface area (Å²) in [6.45, 7) is 2.33. The van der Waals surface area contributed by atoms with Crippen LogP contribution in [-0.4, -0.2) is 304 Å². The Morgan fingerprint density at radius 3 is 1.63 bits per heavy atom. The number of carboxylic acid groups (broad SMARTS) is 1. The van der Waals surface area contributed by atoms with Gasteiger partial charge in [0, 0.05) is 54.8 Å². The third kappa shape index (κ3) is 21.0. The summed E-state index contributed by atoms with van der Waals surface area (Å²) in [5, 5.41) is 198. The molecule has 738 valence electrons. The lowest BCUT2D eigenvalue weighted by Gasteiger charge is -2.44. The summed E-state index contributed by atoms with van der Waals surface area (Å²) < 4.78 is 82.0. The zero-order valence-electron chi connectivity index (χ0n) is 73.2. The van der Waals surface area contributed by atoms with Gasteiger partial charge in [-0.2, -0.15) is 0 Å². The van der Waals surface area contributed by atoms with Crippen LogP contribution in [0.5, 0.6) is 57.5 Å². The maximum absolute atomic E-state index is 17.0. The molecule has 10 aliphatic heterocycles. The molecule has 32 atom stereocenters. The molecule has 0 spiro atoms. The second-order valence-corrected chi connectivity index (χ2v) is 35.0. The number of halogens is 2. The van der Waals surface area contributed by atoms with Crippen molar-refractivity contribution in [3.05, 3.63) is 176 Å². The smallest absolute Gasteiger partial charge is 0.330 e. The zero-order chi connectivity index (χ0) is 98.5. The van der Waals surface area contributed by atoms with E-state index >= 15 is 28.8 Å². The number of carbonyl (C=O) groups excluding carboxylic acids is 6. The van der Waals surface area contributed by atoms with E-state index in [9.17, 15) is 86.5 Å². The van der Waals surface area contributed by atoms with Crippen molar-refractivity contribution in [3.8, 4) is 68.6 Å². The Bertz CT molecular complexity index is 5580. The van der Waals surface area contributed by atoms with E-state index in [2.05, 4.69) is 37.2 Å². The number of aliphatic hydroxyl groups is 11. The largest absolute Gasteiger partial charge is 0.508 e. The van der Waals surface area contributed by atoms with Gasteiger partial charge in [-0.3, -0.25) is 28.8 Å². The van der Waals surface area contributed by atoms with Crippen LogP contribution in [0.4, 0.5) is 0 Å². The van der Waals surface area contributed by atoms with Crippen LogP contribution in [0.15, 0.2) is 127 Å². The first-order chi connectivity index (χ1) is 65.2. The van der Waals surface area contributed by atoms with Crippen LogP contribution in [0.2, 0.25) is 10.0 Å². The highest BCUT2D eigenvalue weighted by atomic mass is 35.5. The molecular weight excluding hydrogens is 1850 g/mol. The Morgan fingerprint density at radius 2 is 1.03 bits per heavy atom. The van der Waals surface area contributed by atoms with Crippen LogP contribution in [0.3, 0.4) is 0 Å². The van der Waals surface area contributed by atoms with Crippen molar-refractivity contribution in [2.24, 2.45) is 11.5 Å². The summed E-state index contributed by atoms with van der Waals surface area (Å²) in [6.07, 6.45) is -39.1. The topological polar surface area (TPSA) is 699 Å². The minimum absolute atomic E-state index is 0.0847. The number of methoxy groups -OCH3 is 1. The van der Waals surface area contributed by atoms with E-state index in [1.165, 1.54) is 89.5 Å². The number of aliphatic carboxylic acids is 1. The summed E-state index contributed by atoms with van der Waals surface area (Å²) in [5.74, 6) is -16.1. The Kier molecular flexibility index (Phi) is 30.7. The second-order valence-electron chi connectivity index (χ2n) is 34.2. The molecule has 137 heavy (non-hydrogen) atoms. The first-order valence-corrected chi connectivity index (χ1v) is 44.1. The predicted octanol–water partition coefficient (Wildman–Crippen LogP) is -1.22. The maximum atomic E-state index is 17.0. The van der Waals surface area contributed by atoms with Crippen molar-refractivity contribution in [2.75, 3.05) is 27.4 Å². The number of nitrogens with one attached hydrogen (secondary N) is 7. The third-order valence-electron chi connectivity index (χ3n) is 25.0. The number of hydrogen-bond acceptors (Lipinski definition) is 38. The number of phenols is 4. The number of benzene rings is 7. The molecule has 7 aromatic rings. The molecule has 0 aromatic heterocycles. The number of fused-ring (bicyclic) bond motifs is 15. The fraction of sp³-hybridized carbons (Fsp3) is 0.456. The Morgan fingerprint density at radius 1 is 0.489 bits per heavy atom. The highest BCUT2D eigenvalue weighted by Crippen LogP contribution is 2.51. The van der Waals surface area contributed by atoms with E-state index in [1.807, 2.05) is 0 Å². The molecule has 17 rings (SSSR count). The first kappa shape index (κ1) is 100. The van der Waals surface area contributed by atoms with E-state index in [0.29, 0.717) is 0 Å². The number of aliphatic hydroxyl groups excluding tert-OH is 11. The summed E-state index contributed by atoms with van der Waals surface area (Å²) in [6, 6.07) is 5.97. The van der Waals surface area contributed by atoms with Gasteiger partial charge in [0.05, 0.1) is 53.8 Å². The number of ether oxygens (including phenoxy) is 13. The van der Waals surface area contributed by atoms with Crippen LogP contribution in [-0.2, 0) is 76.2 Å². The molecule has 6 amide bonds. The number of aromatic hydroxyl groups is 4. The molecule has 0 unspecified atom stereocenters. The van der Waals surface area contributed by atoms with E-state index in [-0.39, 0.29) is 46.6 Å². The maximum Gasteiger partial charge on any atom is 0.330 e. The van der Waals surface area contributed by atoms with Crippen LogP contribution in [0, 0.1) is 0 Å². The Labute approximate surface area is 788 Å². The van der Waals surface area contributed by atoms with Gasteiger partial charge < -0.3 is 192 Å². The number of likely N-dealkylation sites (N-methyl/N-ethyl adjacent to an activating group) is 1. The average molecular weight is 1960 g/mol. The monoisotopic (exact) mass is 1960 g/mol. The highest BCUT2D eigenvalue weighted by Gasteiger charge is 2.53. The van der Waals surface area contributed by atoms with Gasteiger partial charge in [-0.25, -0.2) is 4.79 Å². The standard InChI is InChI=1S/C90H103Cl2N9O36/c1-31-67(108)47(93)27-57(126-31)134-77-38-12-19-52(46(92)22-38)131-54-24-39-23-53(78(54)137-90-80(74(115)71(112)56(30-103)133-90)135-58-28-48(94)68(109)32(2)127-58)129-41-15-8-35(9-16-41)76(136-88-75(116)72(113)70(111)55(29-102)132-88)65(100-81(117)60(95-4)34-6-13-42(14-7-34)130-89-79(125-5)73(114)69(110)33(3)128-89)85(121)97-62(37-11-18-50(106)45(91)21-37)82(118)98-63(39)84(120)96-61-36-10-17-49(105)43(20-36)59-44(25-40(104)26-51(59)107)64(87(123)124)99-86(122)66(77)101-83(61)119/h6-26,31-33,47-48,55-58,60-77,79-80,88-90,95,102-116H,27-30,93-94H2,1-5H3,(H,96,120)(H,97,121)(H,98,118)(H,99,122)(H,100,117)(H,101,119)(H,123,124)/t31-,32-,33-,47-,48-,55+,56-,57+,58-,60-,61-,62+,63-,64+,65+,66+,67+,68+,69-,70+,71-,72-,73+,74-,75+,76+,77-,79+,80-,88+,89+,90-/m1/s1. The number of carboxylic acids is 1. The van der Waals surface area contributed by atoms with Crippen molar-refractivity contribution >= 4 is 64.6 Å². The van der Waals surface area contributed by atoms with Gasteiger partial charge in [-0.15, -0.1) is 0 Å². The third-order valence-corrected chi connectivity index (χ3v) is 25.6. The van der Waals surface area contributed by atoms with Gasteiger partial charge in [0.15, 0.2) is 42.5 Å². The number of hydrogen-bond donors (Lipinski definition) is 25. The zero-order valence-corrected chi connectivity index (χ0v) is 74.7. The molecule has 11 bridgehead atoms. The summed E-state index contributed by atoms with van der Waals surface area (Å²) >= 11 is 14.2. The number of rotatable bonds is 19. The molecule has 5 saturated heterocycles. The predicted molar refractivity (Wildman–Crippen MR) is 466 cm³/mol. The SMILES string of the molecule is CN[C@@H](C(=O)N[C@@H]1C(=O)N[C@@H](c2ccc(O)c(Cl)c2)C(=O)N[C@H]2C(=O)N[C@H]3C(=O)N[C@H](C(=O)N[C@H](C(=O)O)c4cc(O)cc(O)c4-c4cc3ccc4O)[C@H](O[C@H]3C[C@@H](N)[C@@H](O)[C@@H](C)O3)c3ccc(c(Cl)c3)Oc3cc2cc(c3O[C@H]2O[C@H](CO)[C@@H](O)[C@@H](O)[C@H]2O[C@@H]2C[C@@H](N)[C@@H](O)[C@@H](C)O2)Oc2ccc(cc2)[C@@H]1O[C@@H]1O[C@@H](CO)[C@H](O)[C@@H](O)[C@@H]1O)c1ccc(O[C@@H]2O[C@H](C)[C@@H](O)[C@H](O)[C@@H]2OC)cc1. The molecule has 45 nitrogen and oxygen atoms in total. The lowest BCUT2D eigenvalue weighted by atomic mass is 9.89.